The number of rotatable bonds is 1. The molecule has 2 heterocycles. The van der Waals surface area contributed by atoms with Gasteiger partial charge in [-0.2, -0.15) is 0 Å². The monoisotopic (exact) mass is 274 g/mol. The van der Waals surface area contributed by atoms with E-state index in [9.17, 15) is 9.90 Å². The number of fused-ring (bicyclic) bond motifs is 2. The summed E-state index contributed by atoms with van der Waals surface area (Å²) in [6, 6.07) is 3.49. The zero-order valence-corrected chi connectivity index (χ0v) is 11.5. The first-order valence-corrected chi connectivity index (χ1v) is 7.08. The van der Waals surface area contributed by atoms with E-state index in [-0.39, 0.29) is 17.7 Å². The summed E-state index contributed by atoms with van der Waals surface area (Å²) in [7, 11) is 1.49. The van der Waals surface area contributed by atoms with Gasteiger partial charge in [-0.25, -0.2) is 0 Å². The number of anilines is 1. The number of hydrogen-bond donors (Lipinski definition) is 2. The molecule has 1 saturated heterocycles. The second kappa shape index (κ2) is 3.81. The van der Waals surface area contributed by atoms with Gasteiger partial charge in [0.2, 0.25) is 0 Å². The van der Waals surface area contributed by atoms with Crippen LogP contribution >= 0.6 is 0 Å². The van der Waals surface area contributed by atoms with Gasteiger partial charge in [0.1, 0.15) is 0 Å². The van der Waals surface area contributed by atoms with Crippen molar-refractivity contribution in [3.8, 4) is 11.5 Å². The van der Waals surface area contributed by atoms with Crippen LogP contribution in [-0.2, 0) is 0 Å². The molecular weight excluding hydrogens is 256 g/mol. The molecule has 2 fully saturated rings. The number of amides is 1. The Kier molecular flexibility index (Phi) is 2.26. The number of nitrogens with one attached hydrogen (secondary N) is 1. The predicted molar refractivity (Wildman–Crippen MR) is 74.3 cm³/mol. The number of aromatic hydroxyl groups is 1. The van der Waals surface area contributed by atoms with Crippen LogP contribution < -0.4 is 10.1 Å². The average Bonchev–Trinajstić information content (AvgIpc) is 3.10. The minimum atomic E-state index is 0.0528. The summed E-state index contributed by atoms with van der Waals surface area (Å²) in [5.41, 5.74) is 1.70. The van der Waals surface area contributed by atoms with Crippen molar-refractivity contribution in [1.82, 2.24) is 4.90 Å². The van der Waals surface area contributed by atoms with Crippen LogP contribution in [-0.4, -0.2) is 42.2 Å². The Bertz CT molecular complexity index is 595. The van der Waals surface area contributed by atoms with Gasteiger partial charge in [-0.1, -0.05) is 0 Å². The molecule has 106 valence electrons. The Morgan fingerprint density at radius 2 is 2.25 bits per heavy atom. The molecule has 1 saturated carbocycles. The van der Waals surface area contributed by atoms with Gasteiger partial charge in [-0.05, 0) is 30.7 Å². The van der Waals surface area contributed by atoms with E-state index in [1.54, 1.807) is 12.1 Å². The fourth-order valence-corrected chi connectivity index (χ4v) is 3.56. The van der Waals surface area contributed by atoms with E-state index < -0.39 is 0 Å². The Labute approximate surface area is 117 Å². The minimum Gasteiger partial charge on any atom is -0.504 e. The molecule has 0 bridgehead atoms. The molecule has 0 aromatic heterocycles. The standard InChI is InChI=1S/C15H18N2O3/c1-20-13-4-10-11(5-12(13)18)16-7-9-6-15(2-3-15)8-17(9)14(10)19/h4-5,9,16,18H,2-3,6-8H2,1H3. The largest absolute Gasteiger partial charge is 0.504 e. The number of carbonyl (C=O) groups excluding carboxylic acids is 1. The summed E-state index contributed by atoms with van der Waals surface area (Å²) >= 11 is 0. The third-order valence-corrected chi connectivity index (χ3v) is 4.91. The second-order valence-corrected chi connectivity index (χ2v) is 6.24. The first-order valence-electron chi connectivity index (χ1n) is 7.08. The maximum absolute atomic E-state index is 12.8. The molecule has 1 aromatic rings. The molecule has 1 aliphatic carbocycles. The first-order chi connectivity index (χ1) is 9.62. The summed E-state index contributed by atoms with van der Waals surface area (Å²) in [5.74, 6) is 0.460. The molecule has 1 atom stereocenters. The molecule has 0 radical (unpaired) electrons. The van der Waals surface area contributed by atoms with Crippen LogP contribution in [0.5, 0.6) is 11.5 Å². The molecule has 4 rings (SSSR count). The fourth-order valence-electron chi connectivity index (χ4n) is 3.56. The SMILES string of the molecule is COc1cc2c(cc1O)NCC1CC3(CC3)CN1C2=O. The zero-order valence-electron chi connectivity index (χ0n) is 11.5. The van der Waals surface area contributed by atoms with Crippen molar-refractivity contribution < 1.29 is 14.6 Å². The number of hydrogen-bond acceptors (Lipinski definition) is 4. The van der Waals surface area contributed by atoms with E-state index in [1.807, 2.05) is 4.90 Å². The van der Waals surface area contributed by atoms with Gasteiger partial charge >= 0.3 is 0 Å². The predicted octanol–water partition coefficient (Wildman–Crippen LogP) is 1.82. The summed E-state index contributed by atoms with van der Waals surface area (Å²) in [5, 5.41) is 13.2. The van der Waals surface area contributed by atoms with Gasteiger partial charge in [0.15, 0.2) is 11.5 Å². The van der Waals surface area contributed by atoms with Gasteiger partial charge < -0.3 is 20.1 Å². The van der Waals surface area contributed by atoms with E-state index in [0.29, 0.717) is 22.4 Å². The molecule has 2 N–H and O–H groups in total. The van der Waals surface area contributed by atoms with Crippen molar-refractivity contribution in [2.45, 2.75) is 25.3 Å². The molecule has 1 aromatic carbocycles. The third kappa shape index (κ3) is 1.58. The summed E-state index contributed by atoms with van der Waals surface area (Å²) in [6.45, 7) is 1.63. The molecule has 3 aliphatic rings. The molecule has 1 amide bonds. The summed E-state index contributed by atoms with van der Waals surface area (Å²) < 4.78 is 5.12. The number of carbonyl (C=O) groups is 1. The molecule has 5 heteroatoms. The molecule has 5 nitrogen and oxygen atoms in total. The Hall–Kier alpha value is -1.91. The minimum absolute atomic E-state index is 0.0528. The van der Waals surface area contributed by atoms with Crippen LogP contribution in [0.3, 0.4) is 0 Å². The highest BCUT2D eigenvalue weighted by molar-refractivity contribution is 6.01. The lowest BCUT2D eigenvalue weighted by atomic mass is 10.0. The van der Waals surface area contributed by atoms with Crippen LogP contribution in [0.25, 0.3) is 0 Å². The lowest BCUT2D eigenvalue weighted by Crippen LogP contribution is -2.37. The van der Waals surface area contributed by atoms with Crippen molar-refractivity contribution in [3.05, 3.63) is 17.7 Å². The Balaban J connectivity index is 1.75. The molecule has 2 aliphatic heterocycles. The van der Waals surface area contributed by atoms with Crippen molar-refractivity contribution in [3.63, 3.8) is 0 Å². The highest BCUT2D eigenvalue weighted by atomic mass is 16.5. The van der Waals surface area contributed by atoms with Gasteiger partial charge in [0, 0.05) is 25.2 Å². The third-order valence-electron chi connectivity index (χ3n) is 4.91. The molecule has 1 unspecified atom stereocenters. The Morgan fingerprint density at radius 1 is 1.45 bits per heavy atom. The van der Waals surface area contributed by atoms with Crippen LogP contribution in [0.2, 0.25) is 0 Å². The van der Waals surface area contributed by atoms with E-state index in [4.69, 9.17) is 4.74 Å². The van der Waals surface area contributed by atoms with E-state index in [2.05, 4.69) is 5.32 Å². The summed E-state index contributed by atoms with van der Waals surface area (Å²) in [4.78, 5) is 14.8. The average molecular weight is 274 g/mol. The highest BCUT2D eigenvalue weighted by Gasteiger charge is 2.53. The van der Waals surface area contributed by atoms with Gasteiger partial charge in [-0.15, -0.1) is 0 Å². The molecule has 1 spiro atoms. The quantitative estimate of drug-likeness (QED) is 0.820. The van der Waals surface area contributed by atoms with E-state index in [0.717, 1.165) is 19.5 Å². The van der Waals surface area contributed by atoms with Crippen molar-refractivity contribution >= 4 is 11.6 Å². The number of phenols is 1. The molecular formula is C15H18N2O3. The number of methoxy groups -OCH3 is 1. The van der Waals surface area contributed by atoms with Crippen molar-refractivity contribution in [2.75, 3.05) is 25.5 Å². The maximum Gasteiger partial charge on any atom is 0.256 e. The van der Waals surface area contributed by atoms with E-state index in [1.165, 1.54) is 20.0 Å². The normalized spacial score (nSPS) is 25.8. The van der Waals surface area contributed by atoms with Gasteiger partial charge in [-0.3, -0.25) is 4.79 Å². The topological polar surface area (TPSA) is 61.8 Å². The van der Waals surface area contributed by atoms with Gasteiger partial charge in [0.05, 0.1) is 18.4 Å². The second-order valence-electron chi connectivity index (χ2n) is 6.24. The van der Waals surface area contributed by atoms with Crippen LogP contribution in [0.4, 0.5) is 5.69 Å². The smallest absolute Gasteiger partial charge is 0.256 e. The summed E-state index contributed by atoms with van der Waals surface area (Å²) in [6.07, 6.45) is 3.60. The fraction of sp³-hybridized carbons (Fsp3) is 0.533. The van der Waals surface area contributed by atoms with Crippen LogP contribution in [0.15, 0.2) is 12.1 Å². The first kappa shape index (κ1) is 11.9. The number of nitrogens with zero attached hydrogens (tertiary/aromatic N) is 1. The lowest BCUT2D eigenvalue weighted by Gasteiger charge is -2.21. The van der Waals surface area contributed by atoms with E-state index >= 15 is 0 Å². The Morgan fingerprint density at radius 3 is 2.95 bits per heavy atom. The zero-order chi connectivity index (χ0) is 13.9. The number of phenolic OH excluding ortho intramolecular Hbond substituents is 1. The lowest BCUT2D eigenvalue weighted by molar-refractivity contribution is 0.0744. The van der Waals surface area contributed by atoms with Gasteiger partial charge in [0.25, 0.3) is 5.91 Å². The van der Waals surface area contributed by atoms with Crippen molar-refractivity contribution in [2.24, 2.45) is 5.41 Å². The molecule has 20 heavy (non-hydrogen) atoms. The highest BCUT2D eigenvalue weighted by Crippen LogP contribution is 2.55. The maximum atomic E-state index is 12.8. The number of ether oxygens (including phenoxy) is 1. The van der Waals surface area contributed by atoms with Crippen molar-refractivity contribution in [1.29, 1.82) is 0 Å². The number of benzene rings is 1. The van der Waals surface area contributed by atoms with Crippen LogP contribution in [0, 0.1) is 5.41 Å². The van der Waals surface area contributed by atoms with Crippen LogP contribution in [0.1, 0.15) is 29.6 Å².